The summed E-state index contributed by atoms with van der Waals surface area (Å²) < 4.78 is 0. The second kappa shape index (κ2) is 7.68. The molecule has 6 fully saturated rings. The van der Waals surface area contributed by atoms with Crippen LogP contribution in [0.3, 0.4) is 0 Å². The number of likely N-dealkylation sites (tertiary alicyclic amines) is 2. The first-order valence-corrected chi connectivity index (χ1v) is 13.8. The second-order valence-corrected chi connectivity index (χ2v) is 13.0. The summed E-state index contributed by atoms with van der Waals surface area (Å²) in [5, 5.41) is 22.6. The molecule has 2 aliphatic heterocycles. The number of hydrogen-bond donors (Lipinski definition) is 2. The maximum Gasteiger partial charge on any atom is 0.0751 e. The molecule has 0 spiro atoms. The molecule has 0 aromatic carbocycles. The lowest BCUT2D eigenvalue weighted by Gasteiger charge is -2.62. The number of rotatable bonds is 2. The van der Waals surface area contributed by atoms with E-state index in [0.717, 1.165) is 18.3 Å². The molecule has 31 heavy (non-hydrogen) atoms. The fourth-order valence-corrected chi connectivity index (χ4v) is 10.1. The van der Waals surface area contributed by atoms with Crippen LogP contribution in [0.15, 0.2) is 0 Å². The summed E-state index contributed by atoms with van der Waals surface area (Å²) in [6.07, 6.45) is 13.6. The van der Waals surface area contributed by atoms with Crippen LogP contribution in [0.5, 0.6) is 0 Å². The highest BCUT2D eigenvalue weighted by atomic mass is 16.3. The van der Waals surface area contributed by atoms with Gasteiger partial charge in [-0.1, -0.05) is 13.8 Å². The molecular weight excluding hydrogens is 384 g/mol. The van der Waals surface area contributed by atoms with Crippen LogP contribution in [-0.4, -0.2) is 70.5 Å². The Hall–Kier alpha value is -0.160. The van der Waals surface area contributed by atoms with Gasteiger partial charge in [-0.2, -0.15) is 0 Å². The SMILES string of the molecule is C[C@]12C[C@H](N3CCCC3)[C@@H](O)C[C@@H]1CC[C@@H]1[C@@H]2CC[C@]2(C)[C@H](O)[C@@H](N3CCCC3)C[C@@H]12. The average Bonchev–Trinajstić information content (AvgIpc) is 3.50. The van der Waals surface area contributed by atoms with E-state index in [1.165, 1.54) is 90.4 Å². The lowest BCUT2D eigenvalue weighted by molar-refractivity contribution is -0.152. The summed E-state index contributed by atoms with van der Waals surface area (Å²) in [4.78, 5) is 5.27. The minimum absolute atomic E-state index is 0.116. The smallest absolute Gasteiger partial charge is 0.0751 e. The zero-order valence-corrected chi connectivity index (χ0v) is 20.0. The van der Waals surface area contributed by atoms with Crippen LogP contribution >= 0.6 is 0 Å². The van der Waals surface area contributed by atoms with E-state index in [1.54, 1.807) is 0 Å². The van der Waals surface area contributed by atoms with Crippen molar-refractivity contribution in [1.29, 1.82) is 0 Å². The molecule has 6 rings (SSSR count). The van der Waals surface area contributed by atoms with Crippen molar-refractivity contribution >= 4 is 0 Å². The van der Waals surface area contributed by atoms with E-state index in [2.05, 4.69) is 23.6 Å². The normalized spacial score (nSPS) is 55.7. The molecule has 4 saturated carbocycles. The maximum atomic E-state index is 11.5. The van der Waals surface area contributed by atoms with Crippen molar-refractivity contribution in [3.05, 3.63) is 0 Å². The molecule has 6 aliphatic rings. The number of aliphatic hydroxyl groups is 2. The predicted molar refractivity (Wildman–Crippen MR) is 124 cm³/mol. The van der Waals surface area contributed by atoms with Crippen LogP contribution in [0, 0.1) is 34.5 Å². The van der Waals surface area contributed by atoms with Gasteiger partial charge in [0.1, 0.15) is 0 Å². The Morgan fingerprint density at radius 2 is 1.35 bits per heavy atom. The van der Waals surface area contributed by atoms with E-state index in [0.29, 0.717) is 29.3 Å². The first-order valence-electron chi connectivity index (χ1n) is 13.8. The molecule has 0 aromatic heterocycles. The molecule has 4 heteroatoms. The van der Waals surface area contributed by atoms with Crippen LogP contribution in [0.1, 0.15) is 84.5 Å². The van der Waals surface area contributed by atoms with Crippen molar-refractivity contribution in [1.82, 2.24) is 9.80 Å². The Morgan fingerprint density at radius 1 is 0.710 bits per heavy atom. The third-order valence-corrected chi connectivity index (χ3v) is 11.9. The molecule has 4 nitrogen and oxygen atoms in total. The Morgan fingerprint density at radius 3 is 2.03 bits per heavy atom. The van der Waals surface area contributed by atoms with Gasteiger partial charge in [-0.05, 0) is 131 Å². The Labute approximate surface area is 189 Å². The lowest BCUT2D eigenvalue weighted by atomic mass is 9.44. The van der Waals surface area contributed by atoms with Gasteiger partial charge in [0.2, 0.25) is 0 Å². The molecule has 10 atom stereocenters. The van der Waals surface area contributed by atoms with E-state index >= 15 is 0 Å². The molecule has 2 saturated heterocycles. The molecular formula is C27H46N2O2. The van der Waals surface area contributed by atoms with Crippen molar-refractivity contribution in [2.24, 2.45) is 34.5 Å². The molecule has 0 amide bonds. The summed E-state index contributed by atoms with van der Waals surface area (Å²) in [5.41, 5.74) is 0.508. The second-order valence-electron chi connectivity index (χ2n) is 13.0. The Kier molecular flexibility index (Phi) is 5.30. The van der Waals surface area contributed by atoms with Crippen molar-refractivity contribution in [2.45, 2.75) is 109 Å². The molecule has 0 radical (unpaired) electrons. The number of aliphatic hydroxyl groups excluding tert-OH is 2. The lowest BCUT2D eigenvalue weighted by Crippen LogP contribution is -2.59. The molecule has 0 unspecified atom stereocenters. The van der Waals surface area contributed by atoms with Crippen molar-refractivity contribution in [2.75, 3.05) is 26.2 Å². The summed E-state index contributed by atoms with van der Waals surface area (Å²) in [6.45, 7) is 9.86. The van der Waals surface area contributed by atoms with Crippen LogP contribution in [0.4, 0.5) is 0 Å². The average molecular weight is 431 g/mol. The topological polar surface area (TPSA) is 46.9 Å². The maximum absolute atomic E-state index is 11.5. The van der Waals surface area contributed by atoms with E-state index in [4.69, 9.17) is 0 Å². The Balaban J connectivity index is 1.26. The van der Waals surface area contributed by atoms with Gasteiger partial charge in [0.25, 0.3) is 0 Å². The molecule has 4 aliphatic carbocycles. The van der Waals surface area contributed by atoms with Crippen molar-refractivity contribution < 1.29 is 10.2 Å². The number of hydrogen-bond acceptors (Lipinski definition) is 4. The minimum Gasteiger partial charge on any atom is -0.391 e. The first kappa shape index (κ1) is 21.4. The molecule has 2 N–H and O–H groups in total. The van der Waals surface area contributed by atoms with E-state index in [-0.39, 0.29) is 17.6 Å². The summed E-state index contributed by atoms with van der Waals surface area (Å²) in [7, 11) is 0. The number of nitrogens with zero attached hydrogens (tertiary/aromatic N) is 2. The van der Waals surface area contributed by atoms with Gasteiger partial charge in [0.05, 0.1) is 12.2 Å². The minimum atomic E-state index is -0.132. The molecule has 0 aromatic rings. The monoisotopic (exact) mass is 430 g/mol. The molecule has 2 heterocycles. The summed E-state index contributed by atoms with van der Waals surface area (Å²) in [5.74, 6) is 2.98. The Bertz CT molecular complexity index is 674. The van der Waals surface area contributed by atoms with Crippen LogP contribution in [-0.2, 0) is 0 Å². The van der Waals surface area contributed by atoms with Crippen LogP contribution in [0.2, 0.25) is 0 Å². The third kappa shape index (κ3) is 3.14. The fourth-order valence-electron chi connectivity index (χ4n) is 10.1. The van der Waals surface area contributed by atoms with Crippen LogP contribution < -0.4 is 0 Å². The van der Waals surface area contributed by atoms with Gasteiger partial charge in [0.15, 0.2) is 0 Å². The van der Waals surface area contributed by atoms with Gasteiger partial charge in [-0.15, -0.1) is 0 Å². The highest BCUT2D eigenvalue weighted by Crippen LogP contribution is 2.66. The van der Waals surface area contributed by atoms with Gasteiger partial charge in [-0.25, -0.2) is 0 Å². The third-order valence-electron chi connectivity index (χ3n) is 11.9. The fraction of sp³-hybridized carbons (Fsp3) is 1.00. The van der Waals surface area contributed by atoms with E-state index in [1.807, 2.05) is 0 Å². The van der Waals surface area contributed by atoms with Gasteiger partial charge in [-0.3, -0.25) is 9.80 Å². The zero-order valence-electron chi connectivity index (χ0n) is 20.0. The van der Waals surface area contributed by atoms with Crippen molar-refractivity contribution in [3.63, 3.8) is 0 Å². The van der Waals surface area contributed by atoms with E-state index < -0.39 is 0 Å². The molecule has 176 valence electrons. The quantitative estimate of drug-likeness (QED) is 0.698. The number of fused-ring (bicyclic) bond motifs is 5. The van der Waals surface area contributed by atoms with Gasteiger partial charge in [0, 0.05) is 12.1 Å². The highest BCUT2D eigenvalue weighted by molar-refractivity contribution is 5.14. The van der Waals surface area contributed by atoms with Crippen LogP contribution in [0.25, 0.3) is 0 Å². The summed E-state index contributed by atoms with van der Waals surface area (Å²) >= 11 is 0. The van der Waals surface area contributed by atoms with Gasteiger partial charge >= 0.3 is 0 Å². The first-order chi connectivity index (χ1) is 14.9. The highest BCUT2D eigenvalue weighted by Gasteiger charge is 2.63. The van der Waals surface area contributed by atoms with Gasteiger partial charge < -0.3 is 10.2 Å². The summed E-state index contributed by atoms with van der Waals surface area (Å²) in [6, 6.07) is 0.801. The zero-order chi connectivity index (χ0) is 21.4. The molecule has 0 bridgehead atoms. The standard InChI is InChI=1S/C27H46N2O2/c1-26-10-9-20-19(21(26)16-22(25(26)31)28-11-3-4-12-28)8-7-18-15-24(30)23(17-27(18,20)2)29-13-5-6-14-29/h18-25,30-31H,3-17H2,1-2H3/t18-,19+,20-,21-,22-,23-,24-,25+,26-,27-/m0/s1. The predicted octanol–water partition coefficient (Wildman–Crippen LogP) is 3.90. The van der Waals surface area contributed by atoms with Crippen molar-refractivity contribution in [3.8, 4) is 0 Å². The largest absolute Gasteiger partial charge is 0.391 e. The van der Waals surface area contributed by atoms with E-state index in [9.17, 15) is 10.2 Å².